The second-order valence-electron chi connectivity index (χ2n) is 5.96. The number of nitrogens with two attached hydrogens (primary N) is 1. The predicted molar refractivity (Wildman–Crippen MR) is 68.9 cm³/mol. The van der Waals surface area contributed by atoms with Crippen molar-refractivity contribution in [1.82, 2.24) is 4.98 Å². The molecule has 1 aromatic rings. The van der Waals surface area contributed by atoms with Crippen molar-refractivity contribution in [2.24, 2.45) is 11.1 Å². The first-order valence-corrected chi connectivity index (χ1v) is 6.24. The monoisotopic (exact) mass is 234 g/mol. The number of hydrogen-bond donors (Lipinski definition) is 1. The van der Waals surface area contributed by atoms with Crippen LogP contribution in [-0.4, -0.2) is 12.1 Å². The number of pyridine rings is 1. The molecular weight excluding hydrogens is 212 g/mol. The van der Waals surface area contributed by atoms with E-state index in [1.165, 1.54) is 12.8 Å². The van der Waals surface area contributed by atoms with Gasteiger partial charge in [-0.05, 0) is 36.3 Å². The Kier molecular flexibility index (Phi) is 3.13. The van der Waals surface area contributed by atoms with Crippen LogP contribution in [0.4, 0.5) is 0 Å². The van der Waals surface area contributed by atoms with E-state index in [9.17, 15) is 0 Å². The van der Waals surface area contributed by atoms with Crippen LogP contribution < -0.4 is 10.5 Å². The molecule has 94 valence electrons. The summed E-state index contributed by atoms with van der Waals surface area (Å²) in [7, 11) is 1.66. The van der Waals surface area contributed by atoms with E-state index < -0.39 is 0 Å². The van der Waals surface area contributed by atoms with Crippen molar-refractivity contribution in [1.29, 1.82) is 0 Å². The highest BCUT2D eigenvalue weighted by atomic mass is 16.5. The number of nitrogens with zero attached hydrogens (tertiary/aromatic N) is 1. The van der Waals surface area contributed by atoms with Gasteiger partial charge in [0, 0.05) is 11.7 Å². The first kappa shape index (κ1) is 12.4. The van der Waals surface area contributed by atoms with Crippen LogP contribution >= 0.6 is 0 Å². The van der Waals surface area contributed by atoms with Crippen molar-refractivity contribution < 1.29 is 4.74 Å². The van der Waals surface area contributed by atoms with Crippen molar-refractivity contribution in [2.45, 2.75) is 45.1 Å². The van der Waals surface area contributed by atoms with E-state index in [0.29, 0.717) is 5.41 Å². The van der Waals surface area contributed by atoms with Crippen LogP contribution in [0, 0.1) is 5.41 Å². The molecule has 1 heterocycles. The fraction of sp³-hybridized carbons (Fsp3) is 0.643. The van der Waals surface area contributed by atoms with Gasteiger partial charge in [-0.15, -0.1) is 0 Å². The summed E-state index contributed by atoms with van der Waals surface area (Å²) in [5.41, 5.74) is 7.75. The van der Waals surface area contributed by atoms with Crippen LogP contribution in [0.3, 0.4) is 0 Å². The molecule has 2 N–H and O–H groups in total. The molecule has 17 heavy (non-hydrogen) atoms. The van der Waals surface area contributed by atoms with E-state index in [1.807, 2.05) is 12.3 Å². The van der Waals surface area contributed by atoms with Crippen molar-refractivity contribution in [3.05, 3.63) is 24.0 Å². The number of ether oxygens (including phenoxy) is 1. The first-order chi connectivity index (χ1) is 7.95. The Morgan fingerprint density at radius 1 is 1.29 bits per heavy atom. The predicted octanol–water partition coefficient (Wildman–Crippen LogP) is 2.84. The van der Waals surface area contributed by atoms with Gasteiger partial charge < -0.3 is 10.5 Å². The summed E-state index contributed by atoms with van der Waals surface area (Å²) in [4.78, 5) is 4.22. The Morgan fingerprint density at radius 3 is 2.71 bits per heavy atom. The van der Waals surface area contributed by atoms with E-state index >= 15 is 0 Å². The summed E-state index contributed by atoms with van der Waals surface area (Å²) < 4.78 is 5.22. The SMILES string of the molecule is COc1cncc(C2(N)CCCC(C)(C)C2)c1. The molecule has 0 bridgehead atoms. The average molecular weight is 234 g/mol. The fourth-order valence-corrected chi connectivity index (χ4v) is 2.96. The zero-order valence-electron chi connectivity index (χ0n) is 11.0. The second-order valence-corrected chi connectivity index (χ2v) is 5.96. The largest absolute Gasteiger partial charge is 0.495 e. The van der Waals surface area contributed by atoms with E-state index in [1.54, 1.807) is 13.3 Å². The highest BCUT2D eigenvalue weighted by molar-refractivity contribution is 5.30. The van der Waals surface area contributed by atoms with Crippen molar-refractivity contribution in [2.75, 3.05) is 7.11 Å². The van der Waals surface area contributed by atoms with Crippen LogP contribution in [-0.2, 0) is 5.54 Å². The molecule has 0 saturated heterocycles. The molecule has 0 aromatic carbocycles. The third kappa shape index (κ3) is 2.60. The molecule has 1 atom stereocenters. The van der Waals surface area contributed by atoms with E-state index in [2.05, 4.69) is 18.8 Å². The average Bonchev–Trinajstić information content (AvgIpc) is 2.27. The normalized spacial score (nSPS) is 27.8. The number of hydrogen-bond acceptors (Lipinski definition) is 3. The van der Waals surface area contributed by atoms with Crippen molar-refractivity contribution >= 4 is 0 Å². The smallest absolute Gasteiger partial charge is 0.137 e. The maximum absolute atomic E-state index is 6.58. The molecule has 0 aliphatic heterocycles. The molecule has 1 aliphatic carbocycles. The molecule has 1 unspecified atom stereocenters. The van der Waals surface area contributed by atoms with Gasteiger partial charge in [0.15, 0.2) is 0 Å². The summed E-state index contributed by atoms with van der Waals surface area (Å²) in [6.45, 7) is 4.59. The van der Waals surface area contributed by atoms with Gasteiger partial charge in [-0.3, -0.25) is 4.98 Å². The quantitative estimate of drug-likeness (QED) is 0.856. The number of rotatable bonds is 2. The number of methoxy groups -OCH3 is 1. The van der Waals surface area contributed by atoms with Crippen molar-refractivity contribution in [3.63, 3.8) is 0 Å². The topological polar surface area (TPSA) is 48.1 Å². The van der Waals surface area contributed by atoms with Gasteiger partial charge in [0.1, 0.15) is 5.75 Å². The van der Waals surface area contributed by atoms with Crippen LogP contribution in [0.1, 0.15) is 45.1 Å². The van der Waals surface area contributed by atoms with Gasteiger partial charge in [0.05, 0.1) is 13.3 Å². The summed E-state index contributed by atoms with van der Waals surface area (Å²) >= 11 is 0. The molecule has 1 aliphatic rings. The van der Waals surface area contributed by atoms with Crippen LogP contribution in [0.5, 0.6) is 5.75 Å². The van der Waals surface area contributed by atoms with Gasteiger partial charge in [-0.2, -0.15) is 0 Å². The minimum Gasteiger partial charge on any atom is -0.495 e. The fourth-order valence-electron chi connectivity index (χ4n) is 2.96. The lowest BCUT2D eigenvalue weighted by molar-refractivity contribution is 0.150. The van der Waals surface area contributed by atoms with Gasteiger partial charge in [-0.25, -0.2) is 0 Å². The highest BCUT2D eigenvalue weighted by Crippen LogP contribution is 2.44. The van der Waals surface area contributed by atoms with Crippen LogP contribution in [0.15, 0.2) is 18.5 Å². The minimum absolute atomic E-state index is 0.247. The Hall–Kier alpha value is -1.09. The van der Waals surface area contributed by atoms with Crippen LogP contribution in [0.2, 0.25) is 0 Å². The molecule has 3 nitrogen and oxygen atoms in total. The van der Waals surface area contributed by atoms with Gasteiger partial charge in [0.25, 0.3) is 0 Å². The Labute approximate surface area is 103 Å². The maximum atomic E-state index is 6.58. The van der Waals surface area contributed by atoms with Crippen LogP contribution in [0.25, 0.3) is 0 Å². The summed E-state index contributed by atoms with van der Waals surface area (Å²) in [5.74, 6) is 0.788. The lowest BCUT2D eigenvalue weighted by atomic mass is 9.66. The van der Waals surface area contributed by atoms with E-state index in [0.717, 1.165) is 24.2 Å². The maximum Gasteiger partial charge on any atom is 0.137 e. The first-order valence-electron chi connectivity index (χ1n) is 6.24. The lowest BCUT2D eigenvalue weighted by Crippen LogP contribution is -2.44. The zero-order valence-corrected chi connectivity index (χ0v) is 11.0. The Bertz CT molecular complexity index is 403. The van der Waals surface area contributed by atoms with Gasteiger partial charge in [0.2, 0.25) is 0 Å². The molecule has 1 aromatic heterocycles. The molecule has 3 heteroatoms. The van der Waals surface area contributed by atoms with Gasteiger partial charge >= 0.3 is 0 Å². The molecular formula is C14H22N2O. The lowest BCUT2D eigenvalue weighted by Gasteiger charge is -2.42. The Balaban J connectivity index is 2.30. The highest BCUT2D eigenvalue weighted by Gasteiger charge is 2.38. The minimum atomic E-state index is -0.247. The molecule has 2 rings (SSSR count). The molecule has 0 radical (unpaired) electrons. The molecule has 1 saturated carbocycles. The molecule has 0 spiro atoms. The van der Waals surface area contributed by atoms with E-state index in [4.69, 9.17) is 10.5 Å². The standard InChI is InChI=1S/C14H22N2O/c1-13(2)5-4-6-14(15,10-13)11-7-12(17-3)9-16-8-11/h7-9H,4-6,10,15H2,1-3H3. The molecule has 0 amide bonds. The summed E-state index contributed by atoms with van der Waals surface area (Å²) in [6, 6.07) is 2.02. The van der Waals surface area contributed by atoms with Gasteiger partial charge in [-0.1, -0.05) is 20.3 Å². The number of aromatic nitrogens is 1. The van der Waals surface area contributed by atoms with Crippen molar-refractivity contribution in [3.8, 4) is 5.75 Å². The zero-order chi connectivity index (χ0) is 12.5. The third-order valence-corrected chi connectivity index (χ3v) is 3.79. The summed E-state index contributed by atoms with van der Waals surface area (Å²) in [5, 5.41) is 0. The third-order valence-electron chi connectivity index (χ3n) is 3.79. The second kappa shape index (κ2) is 4.30. The summed E-state index contributed by atoms with van der Waals surface area (Å²) in [6.07, 6.45) is 8.08. The Morgan fingerprint density at radius 2 is 2.06 bits per heavy atom. The van der Waals surface area contributed by atoms with E-state index in [-0.39, 0.29) is 5.54 Å². The molecule has 1 fully saturated rings.